The van der Waals surface area contributed by atoms with Crippen LogP contribution in [0.4, 0.5) is 11.5 Å². The molecular weight excluding hydrogens is 354 g/mol. The first-order valence-electron chi connectivity index (χ1n) is 9.91. The number of imidazole rings is 1. The molecule has 2 fully saturated rings. The van der Waals surface area contributed by atoms with Crippen LogP contribution in [0.5, 0.6) is 0 Å². The summed E-state index contributed by atoms with van der Waals surface area (Å²) in [6.45, 7) is 3.11. The molecule has 1 amide bonds. The summed E-state index contributed by atoms with van der Waals surface area (Å²) in [7, 11) is 0. The fourth-order valence-electron chi connectivity index (χ4n) is 4.28. The summed E-state index contributed by atoms with van der Waals surface area (Å²) in [4.78, 5) is 23.8. The Morgan fingerprint density at radius 3 is 2.86 bits per heavy atom. The molecule has 0 atom stereocenters. The third kappa shape index (κ3) is 2.50. The average Bonchev–Trinajstić information content (AvgIpc) is 3.39. The van der Waals surface area contributed by atoms with E-state index in [4.69, 9.17) is 9.72 Å². The van der Waals surface area contributed by atoms with Crippen molar-refractivity contribution >= 4 is 23.1 Å². The van der Waals surface area contributed by atoms with E-state index in [2.05, 4.69) is 31.7 Å². The number of hydrogen-bond donors (Lipinski definition) is 1. The Labute approximate surface area is 162 Å². The topological polar surface area (TPSA) is 71.8 Å². The molecule has 6 rings (SSSR count). The van der Waals surface area contributed by atoms with Crippen LogP contribution in [-0.4, -0.2) is 46.6 Å². The highest BCUT2D eigenvalue weighted by Gasteiger charge is 2.32. The average molecular weight is 375 g/mol. The molecule has 3 aromatic rings. The maximum Gasteiger partial charge on any atom is 0.228 e. The van der Waals surface area contributed by atoms with Gasteiger partial charge in [0.25, 0.3) is 0 Å². The highest BCUT2D eigenvalue weighted by Crippen LogP contribution is 2.45. The van der Waals surface area contributed by atoms with Crippen LogP contribution in [0.25, 0.3) is 16.9 Å². The van der Waals surface area contributed by atoms with E-state index in [-0.39, 0.29) is 5.91 Å². The van der Waals surface area contributed by atoms with Crippen LogP contribution in [0.15, 0.2) is 30.6 Å². The first-order chi connectivity index (χ1) is 13.8. The molecule has 28 heavy (non-hydrogen) atoms. The van der Waals surface area contributed by atoms with Crippen molar-refractivity contribution in [3.63, 3.8) is 0 Å². The van der Waals surface area contributed by atoms with Gasteiger partial charge in [-0.3, -0.25) is 9.20 Å². The van der Waals surface area contributed by atoms with Crippen molar-refractivity contribution in [2.75, 3.05) is 36.5 Å². The van der Waals surface area contributed by atoms with Gasteiger partial charge in [0.15, 0.2) is 11.5 Å². The zero-order valence-corrected chi connectivity index (χ0v) is 15.5. The minimum atomic E-state index is 0.0616. The maximum atomic E-state index is 11.8. The van der Waals surface area contributed by atoms with Gasteiger partial charge in [0.1, 0.15) is 0 Å². The van der Waals surface area contributed by atoms with Gasteiger partial charge in [0.2, 0.25) is 5.91 Å². The molecule has 142 valence electrons. The van der Waals surface area contributed by atoms with Crippen molar-refractivity contribution < 1.29 is 9.53 Å². The fraction of sp³-hybridized carbons (Fsp3) is 0.381. The first kappa shape index (κ1) is 16.1. The third-order valence-electron chi connectivity index (χ3n) is 5.83. The smallest absolute Gasteiger partial charge is 0.228 e. The summed E-state index contributed by atoms with van der Waals surface area (Å²) in [6.07, 6.45) is 6.67. The molecule has 7 heteroatoms. The SMILES string of the molecule is O=C1Cc2cc(-c3c(C4CC4)nc4c(N5CCOCC5)nccn34)ccc2N1. The van der Waals surface area contributed by atoms with E-state index in [0.717, 1.165) is 66.0 Å². The molecule has 1 N–H and O–H groups in total. The molecule has 3 aliphatic rings. The number of benzene rings is 1. The number of fused-ring (bicyclic) bond motifs is 2. The standard InChI is InChI=1S/C21H21N5O2/c27-17-12-15-11-14(3-4-16(15)23-17)19-18(13-1-2-13)24-21-20(22-5-6-26(19)21)25-7-9-28-10-8-25/h3-6,11,13H,1-2,7-10,12H2,(H,23,27). The molecule has 1 saturated carbocycles. The van der Waals surface area contributed by atoms with E-state index in [0.29, 0.717) is 12.3 Å². The number of carbonyl (C=O) groups excluding carboxylic acids is 1. The zero-order chi connectivity index (χ0) is 18.7. The molecule has 1 saturated heterocycles. The van der Waals surface area contributed by atoms with E-state index < -0.39 is 0 Å². The number of aromatic nitrogens is 3. The van der Waals surface area contributed by atoms with Gasteiger partial charge >= 0.3 is 0 Å². The molecule has 0 radical (unpaired) electrons. The molecule has 7 nitrogen and oxygen atoms in total. The second-order valence-electron chi connectivity index (χ2n) is 7.76. The van der Waals surface area contributed by atoms with Crippen LogP contribution in [0.3, 0.4) is 0 Å². The summed E-state index contributed by atoms with van der Waals surface area (Å²) >= 11 is 0. The predicted molar refractivity (Wildman–Crippen MR) is 106 cm³/mol. The van der Waals surface area contributed by atoms with Crippen molar-refractivity contribution in [3.05, 3.63) is 41.9 Å². The van der Waals surface area contributed by atoms with Gasteiger partial charge < -0.3 is 15.0 Å². The van der Waals surface area contributed by atoms with Crippen molar-refractivity contribution in [3.8, 4) is 11.3 Å². The lowest BCUT2D eigenvalue weighted by Crippen LogP contribution is -2.37. The number of nitrogens with one attached hydrogen (secondary N) is 1. The van der Waals surface area contributed by atoms with Gasteiger partial charge in [-0.25, -0.2) is 9.97 Å². The lowest BCUT2D eigenvalue weighted by molar-refractivity contribution is -0.115. The highest BCUT2D eigenvalue weighted by atomic mass is 16.5. The summed E-state index contributed by atoms with van der Waals surface area (Å²) in [5, 5.41) is 2.92. The summed E-state index contributed by atoms with van der Waals surface area (Å²) in [6, 6.07) is 6.24. The quantitative estimate of drug-likeness (QED) is 0.762. The lowest BCUT2D eigenvalue weighted by Gasteiger charge is -2.27. The molecule has 0 unspecified atom stereocenters. The van der Waals surface area contributed by atoms with E-state index in [1.165, 1.54) is 12.8 Å². The maximum absolute atomic E-state index is 11.8. The number of ether oxygens (including phenoxy) is 1. The Morgan fingerprint density at radius 1 is 1.18 bits per heavy atom. The predicted octanol–water partition coefficient (Wildman–Crippen LogP) is 2.60. The van der Waals surface area contributed by atoms with Crippen molar-refractivity contribution in [2.45, 2.75) is 25.2 Å². The normalized spacial score (nSPS) is 19.1. The summed E-state index contributed by atoms with van der Waals surface area (Å²) in [5.74, 6) is 1.50. The van der Waals surface area contributed by atoms with Crippen LogP contribution in [0.2, 0.25) is 0 Å². The van der Waals surface area contributed by atoms with Crippen molar-refractivity contribution in [1.29, 1.82) is 0 Å². The number of amides is 1. The van der Waals surface area contributed by atoms with Gasteiger partial charge in [-0.15, -0.1) is 0 Å². The highest BCUT2D eigenvalue weighted by molar-refractivity contribution is 5.99. The number of anilines is 2. The van der Waals surface area contributed by atoms with Crippen LogP contribution >= 0.6 is 0 Å². The molecule has 2 aliphatic heterocycles. The van der Waals surface area contributed by atoms with Crippen LogP contribution in [-0.2, 0) is 16.0 Å². The van der Waals surface area contributed by atoms with Crippen LogP contribution < -0.4 is 10.2 Å². The summed E-state index contributed by atoms with van der Waals surface area (Å²) in [5.41, 5.74) is 6.30. The Morgan fingerprint density at radius 2 is 2.04 bits per heavy atom. The van der Waals surface area contributed by atoms with E-state index in [9.17, 15) is 4.79 Å². The Hall–Kier alpha value is -2.93. The third-order valence-corrected chi connectivity index (χ3v) is 5.83. The van der Waals surface area contributed by atoms with Gasteiger partial charge in [-0.2, -0.15) is 0 Å². The monoisotopic (exact) mass is 375 g/mol. The largest absolute Gasteiger partial charge is 0.378 e. The van der Waals surface area contributed by atoms with Gasteiger partial charge in [0.05, 0.1) is 31.0 Å². The van der Waals surface area contributed by atoms with E-state index in [1.54, 1.807) is 0 Å². The number of rotatable bonds is 3. The zero-order valence-electron chi connectivity index (χ0n) is 15.5. The van der Waals surface area contributed by atoms with Crippen LogP contribution in [0.1, 0.15) is 30.0 Å². The fourth-order valence-corrected chi connectivity index (χ4v) is 4.28. The lowest BCUT2D eigenvalue weighted by atomic mass is 10.0. The Bertz CT molecular complexity index is 1100. The molecule has 1 aromatic carbocycles. The second-order valence-corrected chi connectivity index (χ2v) is 7.76. The molecule has 2 aromatic heterocycles. The molecule has 0 bridgehead atoms. The van der Waals surface area contributed by atoms with Crippen molar-refractivity contribution in [1.82, 2.24) is 14.4 Å². The molecule has 4 heterocycles. The van der Waals surface area contributed by atoms with Gasteiger partial charge in [0, 0.05) is 42.7 Å². The molecular formula is C21H21N5O2. The second kappa shape index (κ2) is 6.04. The van der Waals surface area contributed by atoms with Crippen molar-refractivity contribution in [2.24, 2.45) is 0 Å². The van der Waals surface area contributed by atoms with Crippen LogP contribution in [0, 0.1) is 0 Å². The Kier molecular flexibility index (Phi) is 3.46. The molecule has 0 spiro atoms. The number of morpholine rings is 1. The number of nitrogens with zero attached hydrogens (tertiary/aromatic N) is 4. The number of carbonyl (C=O) groups is 1. The van der Waals surface area contributed by atoms with Gasteiger partial charge in [-0.05, 0) is 30.5 Å². The first-order valence-corrected chi connectivity index (χ1v) is 9.91. The number of hydrogen-bond acceptors (Lipinski definition) is 5. The van der Waals surface area contributed by atoms with E-state index in [1.807, 2.05) is 18.5 Å². The molecule has 1 aliphatic carbocycles. The summed E-state index contributed by atoms with van der Waals surface area (Å²) < 4.78 is 7.68. The minimum Gasteiger partial charge on any atom is -0.378 e. The van der Waals surface area contributed by atoms with E-state index >= 15 is 0 Å². The minimum absolute atomic E-state index is 0.0616. The Balaban J connectivity index is 1.53. The van der Waals surface area contributed by atoms with Gasteiger partial charge in [-0.1, -0.05) is 6.07 Å².